The maximum absolute atomic E-state index is 11.4. The minimum absolute atomic E-state index is 0.131. The van der Waals surface area contributed by atoms with Crippen LogP contribution in [0.3, 0.4) is 0 Å². The third kappa shape index (κ3) is 6.27. The largest absolute Gasteiger partial charge is 0.493 e. The molecule has 0 aliphatic heterocycles. The summed E-state index contributed by atoms with van der Waals surface area (Å²) < 4.78 is 28.5. The van der Waals surface area contributed by atoms with Crippen molar-refractivity contribution in [3.05, 3.63) is 23.3 Å². The topological polar surface area (TPSA) is 43.4 Å². The number of ether oxygens (including phenoxy) is 1. The summed E-state index contributed by atoms with van der Waals surface area (Å²) in [7, 11) is 1.69. The molecule has 1 rings (SSSR count). The SMILES string of the molecule is CCCCCCCCOc1c(C)cc(S(=O)(=O)Cl)cc1C. The van der Waals surface area contributed by atoms with E-state index in [-0.39, 0.29) is 4.90 Å². The predicted octanol–water partition coefficient (Wildman–Crippen LogP) is 4.97. The summed E-state index contributed by atoms with van der Waals surface area (Å²) in [6.07, 6.45) is 7.29. The quantitative estimate of drug-likeness (QED) is 0.473. The van der Waals surface area contributed by atoms with Crippen molar-refractivity contribution < 1.29 is 13.2 Å². The lowest BCUT2D eigenvalue weighted by atomic mass is 10.1. The van der Waals surface area contributed by atoms with Gasteiger partial charge < -0.3 is 4.74 Å². The van der Waals surface area contributed by atoms with Crippen molar-refractivity contribution in [2.24, 2.45) is 0 Å². The van der Waals surface area contributed by atoms with Gasteiger partial charge in [0.2, 0.25) is 0 Å². The smallest absolute Gasteiger partial charge is 0.261 e. The molecule has 0 saturated carbocycles. The van der Waals surface area contributed by atoms with Crippen LogP contribution in [0.1, 0.15) is 56.6 Å². The monoisotopic (exact) mass is 332 g/mol. The van der Waals surface area contributed by atoms with E-state index in [1.807, 2.05) is 13.8 Å². The first-order chi connectivity index (χ1) is 9.86. The van der Waals surface area contributed by atoms with Gasteiger partial charge in [-0.1, -0.05) is 39.0 Å². The zero-order valence-electron chi connectivity index (χ0n) is 13.1. The summed E-state index contributed by atoms with van der Waals surface area (Å²) in [5.41, 5.74) is 1.61. The Balaban J connectivity index is 2.53. The molecule has 0 radical (unpaired) electrons. The van der Waals surface area contributed by atoms with Crippen molar-refractivity contribution in [1.29, 1.82) is 0 Å². The fourth-order valence-electron chi connectivity index (χ4n) is 2.34. The maximum atomic E-state index is 11.4. The van der Waals surface area contributed by atoms with Crippen molar-refractivity contribution >= 4 is 19.7 Å². The fraction of sp³-hybridized carbons (Fsp3) is 0.625. The van der Waals surface area contributed by atoms with E-state index < -0.39 is 9.05 Å². The Kier molecular flexibility index (Phi) is 7.53. The first-order valence-corrected chi connectivity index (χ1v) is 9.86. The van der Waals surface area contributed by atoms with Crippen molar-refractivity contribution in [1.82, 2.24) is 0 Å². The molecule has 0 aliphatic carbocycles. The average molecular weight is 333 g/mol. The van der Waals surface area contributed by atoms with Gasteiger partial charge in [-0.05, 0) is 43.5 Å². The zero-order chi connectivity index (χ0) is 15.9. The lowest BCUT2D eigenvalue weighted by Crippen LogP contribution is -2.02. The molecule has 1 aromatic rings. The van der Waals surface area contributed by atoms with E-state index in [0.717, 1.165) is 23.3 Å². The number of hydrogen-bond acceptors (Lipinski definition) is 3. The van der Waals surface area contributed by atoms with Crippen molar-refractivity contribution in [3.63, 3.8) is 0 Å². The summed E-state index contributed by atoms with van der Waals surface area (Å²) in [5, 5.41) is 0. The van der Waals surface area contributed by atoms with Crippen LogP contribution in [-0.4, -0.2) is 15.0 Å². The molecule has 1 aromatic carbocycles. The molecule has 0 saturated heterocycles. The van der Waals surface area contributed by atoms with Gasteiger partial charge in [-0.25, -0.2) is 8.42 Å². The Morgan fingerprint density at radius 2 is 1.52 bits per heavy atom. The summed E-state index contributed by atoms with van der Waals surface area (Å²) in [6.45, 7) is 6.56. The van der Waals surface area contributed by atoms with E-state index in [1.165, 1.54) is 32.1 Å². The Labute approximate surface area is 133 Å². The lowest BCUT2D eigenvalue weighted by molar-refractivity contribution is 0.300. The molecule has 0 bridgehead atoms. The molecular weight excluding hydrogens is 308 g/mol. The van der Waals surface area contributed by atoms with Gasteiger partial charge in [-0.3, -0.25) is 0 Å². The Bertz CT molecular complexity index is 530. The van der Waals surface area contributed by atoms with Crippen LogP contribution in [0.15, 0.2) is 17.0 Å². The molecule has 5 heteroatoms. The number of aryl methyl sites for hydroxylation is 2. The van der Waals surface area contributed by atoms with E-state index in [2.05, 4.69) is 6.92 Å². The van der Waals surface area contributed by atoms with Gasteiger partial charge >= 0.3 is 0 Å². The number of halogens is 1. The molecule has 0 fully saturated rings. The summed E-state index contributed by atoms with van der Waals surface area (Å²) in [4.78, 5) is 0.131. The van der Waals surface area contributed by atoms with E-state index in [0.29, 0.717) is 6.61 Å². The van der Waals surface area contributed by atoms with Crippen LogP contribution in [0.4, 0.5) is 0 Å². The van der Waals surface area contributed by atoms with Gasteiger partial charge in [0, 0.05) is 10.7 Å². The molecule has 0 spiro atoms. The van der Waals surface area contributed by atoms with E-state index in [9.17, 15) is 8.42 Å². The first-order valence-electron chi connectivity index (χ1n) is 7.55. The summed E-state index contributed by atoms with van der Waals surface area (Å²) in [6, 6.07) is 3.12. The van der Waals surface area contributed by atoms with Gasteiger partial charge in [0.25, 0.3) is 9.05 Å². The lowest BCUT2D eigenvalue weighted by Gasteiger charge is -2.13. The highest BCUT2D eigenvalue weighted by molar-refractivity contribution is 8.13. The summed E-state index contributed by atoms with van der Waals surface area (Å²) in [5.74, 6) is 0.771. The van der Waals surface area contributed by atoms with Crippen LogP contribution in [0.25, 0.3) is 0 Å². The van der Waals surface area contributed by atoms with Gasteiger partial charge in [0.15, 0.2) is 0 Å². The second-order valence-electron chi connectivity index (χ2n) is 5.44. The molecule has 0 unspecified atom stereocenters. The normalized spacial score (nSPS) is 11.6. The molecule has 0 atom stereocenters. The van der Waals surface area contributed by atoms with Crippen LogP contribution < -0.4 is 4.74 Å². The second-order valence-corrected chi connectivity index (χ2v) is 8.01. The van der Waals surface area contributed by atoms with Gasteiger partial charge in [-0.15, -0.1) is 0 Å². The Morgan fingerprint density at radius 1 is 1.00 bits per heavy atom. The maximum Gasteiger partial charge on any atom is 0.261 e. The molecule has 0 N–H and O–H groups in total. The molecule has 0 heterocycles. The first kappa shape index (κ1) is 18.3. The van der Waals surface area contributed by atoms with Gasteiger partial charge in [-0.2, -0.15) is 0 Å². The molecule has 21 heavy (non-hydrogen) atoms. The standard InChI is InChI=1S/C16H25ClO3S/c1-4-5-6-7-8-9-10-20-16-13(2)11-15(12-14(16)3)21(17,18)19/h11-12H,4-10H2,1-3H3. The third-order valence-corrected chi connectivity index (χ3v) is 4.79. The van der Waals surface area contributed by atoms with E-state index in [1.54, 1.807) is 12.1 Å². The number of benzene rings is 1. The number of rotatable bonds is 9. The van der Waals surface area contributed by atoms with E-state index in [4.69, 9.17) is 15.4 Å². The highest BCUT2D eigenvalue weighted by Gasteiger charge is 2.14. The number of hydrogen-bond donors (Lipinski definition) is 0. The van der Waals surface area contributed by atoms with Gasteiger partial charge in [0.05, 0.1) is 11.5 Å². The Morgan fingerprint density at radius 3 is 2.05 bits per heavy atom. The molecular formula is C16H25ClO3S. The highest BCUT2D eigenvalue weighted by atomic mass is 35.7. The fourth-order valence-corrected chi connectivity index (χ4v) is 3.24. The van der Waals surface area contributed by atoms with Crippen LogP contribution in [-0.2, 0) is 9.05 Å². The molecule has 3 nitrogen and oxygen atoms in total. The second kappa shape index (κ2) is 8.64. The summed E-state index contributed by atoms with van der Waals surface area (Å²) >= 11 is 0. The molecule has 0 aliphatic rings. The number of unbranched alkanes of at least 4 members (excludes halogenated alkanes) is 5. The van der Waals surface area contributed by atoms with Crippen molar-refractivity contribution in [3.8, 4) is 5.75 Å². The molecule has 0 aromatic heterocycles. The minimum Gasteiger partial charge on any atom is -0.493 e. The average Bonchev–Trinajstić information content (AvgIpc) is 2.39. The Hall–Kier alpha value is -0.740. The van der Waals surface area contributed by atoms with Crippen molar-refractivity contribution in [2.75, 3.05) is 6.61 Å². The third-order valence-electron chi connectivity index (χ3n) is 3.46. The predicted molar refractivity (Wildman–Crippen MR) is 87.8 cm³/mol. The molecule has 120 valence electrons. The van der Waals surface area contributed by atoms with Crippen molar-refractivity contribution in [2.45, 2.75) is 64.2 Å². The minimum atomic E-state index is -3.69. The van der Waals surface area contributed by atoms with E-state index >= 15 is 0 Å². The van der Waals surface area contributed by atoms with Crippen LogP contribution in [0, 0.1) is 13.8 Å². The van der Waals surface area contributed by atoms with Crippen LogP contribution in [0.5, 0.6) is 5.75 Å². The van der Waals surface area contributed by atoms with Gasteiger partial charge in [0.1, 0.15) is 5.75 Å². The van der Waals surface area contributed by atoms with Crippen LogP contribution >= 0.6 is 10.7 Å². The highest BCUT2D eigenvalue weighted by Crippen LogP contribution is 2.28. The van der Waals surface area contributed by atoms with Crippen LogP contribution in [0.2, 0.25) is 0 Å². The molecule has 0 amide bonds. The zero-order valence-corrected chi connectivity index (χ0v) is 14.7.